The van der Waals surface area contributed by atoms with Gasteiger partial charge < -0.3 is 14.8 Å². The Labute approximate surface area is 167 Å². The molecule has 0 aliphatic carbocycles. The van der Waals surface area contributed by atoms with E-state index in [0.717, 1.165) is 31.5 Å². The van der Waals surface area contributed by atoms with Crippen molar-refractivity contribution in [2.75, 3.05) is 40.5 Å². The Hall–Kier alpha value is -1.19. The fourth-order valence-corrected chi connectivity index (χ4v) is 4.80. The van der Waals surface area contributed by atoms with Gasteiger partial charge in [-0.15, -0.1) is 12.4 Å². The second-order valence-electron chi connectivity index (χ2n) is 6.92. The van der Waals surface area contributed by atoms with E-state index in [1.807, 2.05) is 0 Å². The first-order valence-corrected chi connectivity index (χ1v) is 10.1. The van der Waals surface area contributed by atoms with Crippen molar-refractivity contribution in [1.29, 1.82) is 0 Å². The van der Waals surface area contributed by atoms with Gasteiger partial charge in [-0.3, -0.25) is 0 Å². The molecule has 2 rings (SSSR count). The Morgan fingerprint density at radius 3 is 2.41 bits per heavy atom. The minimum Gasteiger partial charge on any atom is -0.465 e. The van der Waals surface area contributed by atoms with E-state index in [0.29, 0.717) is 18.7 Å². The molecular formula is C18H29ClN2O5S. The van der Waals surface area contributed by atoms with Crippen molar-refractivity contribution >= 4 is 28.4 Å². The molecule has 27 heavy (non-hydrogen) atoms. The van der Waals surface area contributed by atoms with Gasteiger partial charge in [0.05, 0.1) is 24.2 Å². The maximum atomic E-state index is 12.9. The van der Waals surface area contributed by atoms with E-state index in [2.05, 4.69) is 10.0 Å². The topological polar surface area (TPSA) is 93.7 Å². The van der Waals surface area contributed by atoms with Crippen molar-refractivity contribution in [3.05, 3.63) is 28.8 Å². The maximum absolute atomic E-state index is 12.9. The van der Waals surface area contributed by atoms with Crippen molar-refractivity contribution in [3.8, 4) is 0 Å². The number of esters is 1. The second-order valence-corrected chi connectivity index (χ2v) is 8.65. The molecule has 0 radical (unpaired) electrons. The molecule has 0 aromatic heterocycles. The lowest BCUT2D eigenvalue weighted by molar-refractivity contribution is 0.0577. The van der Waals surface area contributed by atoms with Gasteiger partial charge in [-0.1, -0.05) is 0 Å². The van der Waals surface area contributed by atoms with Crippen LogP contribution in [0.1, 0.15) is 34.3 Å². The molecule has 7 nitrogen and oxygen atoms in total. The quantitative estimate of drug-likeness (QED) is 0.653. The number of piperidine rings is 1. The van der Waals surface area contributed by atoms with Gasteiger partial charge in [0.25, 0.3) is 0 Å². The third kappa shape index (κ3) is 5.65. The number of benzene rings is 1. The summed E-state index contributed by atoms with van der Waals surface area (Å²) in [6, 6.07) is 3.02. The molecule has 1 aliphatic heterocycles. The smallest absolute Gasteiger partial charge is 0.337 e. The van der Waals surface area contributed by atoms with Crippen molar-refractivity contribution in [1.82, 2.24) is 10.0 Å². The molecule has 1 saturated heterocycles. The third-order valence-corrected chi connectivity index (χ3v) is 6.61. The lowest BCUT2D eigenvalue weighted by Crippen LogP contribution is -2.47. The van der Waals surface area contributed by atoms with E-state index in [1.165, 1.54) is 13.2 Å². The van der Waals surface area contributed by atoms with Crippen LogP contribution in [0.3, 0.4) is 0 Å². The minimum absolute atomic E-state index is 0. The summed E-state index contributed by atoms with van der Waals surface area (Å²) in [4.78, 5) is 11.9. The zero-order valence-corrected chi connectivity index (χ0v) is 17.9. The average molecular weight is 421 g/mol. The number of hydrogen-bond acceptors (Lipinski definition) is 6. The molecule has 2 N–H and O–H groups in total. The van der Waals surface area contributed by atoms with E-state index in [4.69, 9.17) is 9.47 Å². The van der Waals surface area contributed by atoms with Crippen LogP contribution in [0.2, 0.25) is 0 Å². The number of carbonyl (C=O) groups is 1. The average Bonchev–Trinajstić information content (AvgIpc) is 2.62. The maximum Gasteiger partial charge on any atom is 0.337 e. The Kier molecular flexibility index (Phi) is 8.69. The lowest BCUT2D eigenvalue weighted by atomic mass is 9.80. The molecule has 154 valence electrons. The van der Waals surface area contributed by atoms with E-state index in [1.54, 1.807) is 27.0 Å². The van der Waals surface area contributed by atoms with E-state index >= 15 is 0 Å². The van der Waals surface area contributed by atoms with Gasteiger partial charge in [0, 0.05) is 19.1 Å². The minimum atomic E-state index is -3.77. The van der Waals surface area contributed by atoms with Crippen molar-refractivity contribution in [2.45, 2.75) is 31.6 Å². The Bertz CT molecular complexity index is 756. The molecule has 0 spiro atoms. The lowest BCUT2D eigenvalue weighted by Gasteiger charge is -2.37. The predicted octanol–water partition coefficient (Wildman–Crippen LogP) is 1.81. The highest BCUT2D eigenvalue weighted by Gasteiger charge is 2.34. The molecule has 0 amide bonds. The van der Waals surface area contributed by atoms with Crippen LogP contribution < -0.4 is 10.0 Å². The Morgan fingerprint density at radius 2 is 1.85 bits per heavy atom. The van der Waals surface area contributed by atoms with Crippen LogP contribution >= 0.6 is 12.4 Å². The van der Waals surface area contributed by atoms with Crippen LogP contribution in [0.15, 0.2) is 17.0 Å². The number of nitrogens with one attached hydrogen (secondary N) is 2. The molecule has 1 aromatic carbocycles. The summed E-state index contributed by atoms with van der Waals surface area (Å²) >= 11 is 0. The predicted molar refractivity (Wildman–Crippen MR) is 106 cm³/mol. The van der Waals surface area contributed by atoms with E-state index in [-0.39, 0.29) is 28.3 Å². The molecule has 1 fully saturated rings. The Morgan fingerprint density at radius 1 is 1.22 bits per heavy atom. The number of aryl methyl sites for hydroxylation is 1. The molecule has 0 atom stereocenters. The second kappa shape index (κ2) is 9.84. The first kappa shape index (κ1) is 23.8. The summed E-state index contributed by atoms with van der Waals surface area (Å²) in [5, 5.41) is 3.29. The standard InChI is InChI=1S/C18H28N2O5S.ClH/c1-13-9-15(17(21)25-4)10-16(14(13)2)26(22,23)20-11-18(12-24-3)5-7-19-8-6-18;/h9-10,19-20H,5-8,11-12H2,1-4H3;1H. The van der Waals surface area contributed by atoms with Gasteiger partial charge in [-0.05, 0) is 63.0 Å². The van der Waals surface area contributed by atoms with Crippen molar-refractivity contribution in [3.63, 3.8) is 0 Å². The summed E-state index contributed by atoms with van der Waals surface area (Å²) in [7, 11) is -0.863. The molecular weight excluding hydrogens is 392 g/mol. The summed E-state index contributed by atoms with van der Waals surface area (Å²) in [6.07, 6.45) is 1.67. The number of halogens is 1. The molecule has 0 saturated carbocycles. The molecule has 1 aromatic rings. The highest BCUT2D eigenvalue weighted by molar-refractivity contribution is 7.89. The number of hydrogen-bond donors (Lipinski definition) is 2. The monoisotopic (exact) mass is 420 g/mol. The summed E-state index contributed by atoms with van der Waals surface area (Å²) in [5.74, 6) is -0.557. The van der Waals surface area contributed by atoms with Crippen LogP contribution in [0, 0.1) is 19.3 Å². The largest absolute Gasteiger partial charge is 0.465 e. The molecule has 1 aliphatic rings. The molecule has 0 unspecified atom stereocenters. The fraction of sp³-hybridized carbons (Fsp3) is 0.611. The van der Waals surface area contributed by atoms with Crippen molar-refractivity contribution < 1.29 is 22.7 Å². The van der Waals surface area contributed by atoms with Gasteiger partial charge in [0.15, 0.2) is 0 Å². The number of carbonyl (C=O) groups excluding carboxylic acids is 1. The molecule has 9 heteroatoms. The highest BCUT2D eigenvalue weighted by Crippen LogP contribution is 2.29. The zero-order chi connectivity index (χ0) is 19.4. The van der Waals surface area contributed by atoms with Crippen LogP contribution in [0.5, 0.6) is 0 Å². The number of sulfonamides is 1. The first-order valence-electron chi connectivity index (χ1n) is 8.63. The SMILES string of the molecule is COCC1(CNS(=O)(=O)c2cc(C(=O)OC)cc(C)c2C)CCNCC1.Cl. The van der Waals surface area contributed by atoms with Gasteiger partial charge in [-0.25, -0.2) is 17.9 Å². The highest BCUT2D eigenvalue weighted by atomic mass is 35.5. The summed E-state index contributed by atoms with van der Waals surface area (Å²) in [6.45, 7) is 5.98. The van der Waals surface area contributed by atoms with Crippen LogP contribution in [0.4, 0.5) is 0 Å². The fourth-order valence-electron chi connectivity index (χ4n) is 3.30. The molecule has 1 heterocycles. The third-order valence-electron chi connectivity index (χ3n) is 5.08. The zero-order valence-electron chi connectivity index (χ0n) is 16.3. The van der Waals surface area contributed by atoms with Gasteiger partial charge in [0.2, 0.25) is 10.0 Å². The van der Waals surface area contributed by atoms with Crippen LogP contribution in [0.25, 0.3) is 0 Å². The van der Waals surface area contributed by atoms with Crippen molar-refractivity contribution in [2.24, 2.45) is 5.41 Å². The van der Waals surface area contributed by atoms with Crippen LogP contribution in [-0.2, 0) is 19.5 Å². The first-order chi connectivity index (χ1) is 12.2. The number of rotatable bonds is 7. The number of ether oxygens (including phenoxy) is 2. The van der Waals surface area contributed by atoms with Gasteiger partial charge in [0.1, 0.15) is 0 Å². The van der Waals surface area contributed by atoms with Gasteiger partial charge >= 0.3 is 5.97 Å². The Balaban J connectivity index is 0.00000364. The normalized spacial score (nSPS) is 16.4. The molecule has 0 bridgehead atoms. The van der Waals surface area contributed by atoms with E-state index in [9.17, 15) is 13.2 Å². The number of methoxy groups -OCH3 is 2. The van der Waals surface area contributed by atoms with Crippen LogP contribution in [-0.4, -0.2) is 54.8 Å². The van der Waals surface area contributed by atoms with Gasteiger partial charge in [-0.2, -0.15) is 0 Å². The van der Waals surface area contributed by atoms with E-state index < -0.39 is 16.0 Å². The summed E-state index contributed by atoms with van der Waals surface area (Å²) in [5.41, 5.74) is 1.35. The summed E-state index contributed by atoms with van der Waals surface area (Å²) < 4.78 is 38.7.